The summed E-state index contributed by atoms with van der Waals surface area (Å²) in [5.74, 6) is 0. The Morgan fingerprint density at radius 2 is 1.56 bits per heavy atom. The first-order valence-electron chi connectivity index (χ1n) is 5.18. The molecule has 0 amide bonds. The second kappa shape index (κ2) is 4.92. The molecule has 0 N–H and O–H groups in total. The molecular formula is C13H9Cl2IrNS. The van der Waals surface area contributed by atoms with E-state index in [1.54, 1.807) is 11.3 Å². The third-order valence-electron chi connectivity index (χ3n) is 2.40. The monoisotopic (exact) mass is 474 g/mol. The molecule has 0 bridgehead atoms. The van der Waals surface area contributed by atoms with Crippen molar-refractivity contribution in [3.05, 3.63) is 54.6 Å². The Hall–Kier alpha value is -0.441. The van der Waals surface area contributed by atoms with Crippen molar-refractivity contribution < 1.29 is 13.3 Å². The molecule has 95 valence electrons. The van der Waals surface area contributed by atoms with Crippen LogP contribution in [0.25, 0.3) is 10.2 Å². The van der Waals surface area contributed by atoms with Crippen molar-refractivity contribution in [1.82, 2.24) is 4.98 Å². The summed E-state index contributed by atoms with van der Waals surface area (Å²) < 4.78 is 3.06. The molecule has 2 aromatic carbocycles. The molecule has 3 rings (SSSR count). The predicted molar refractivity (Wildman–Crippen MR) is 77.0 cm³/mol. The Kier molecular flexibility index (Phi) is 3.44. The number of nitrogens with zero attached hydrogens (tertiary/aromatic N) is 1. The van der Waals surface area contributed by atoms with E-state index in [4.69, 9.17) is 19.2 Å². The maximum atomic E-state index is 6.66. The van der Waals surface area contributed by atoms with Crippen LogP contribution in [0.4, 0.5) is 0 Å². The van der Waals surface area contributed by atoms with Crippen LogP contribution in [-0.2, 0) is 13.3 Å². The Morgan fingerprint density at radius 3 is 2.28 bits per heavy atom. The third-order valence-corrected chi connectivity index (χ3v) is 15.3. The Morgan fingerprint density at radius 1 is 0.889 bits per heavy atom. The fourth-order valence-corrected chi connectivity index (χ4v) is 10.5. The molecule has 0 spiro atoms. The molecule has 0 unspecified atom stereocenters. The van der Waals surface area contributed by atoms with Gasteiger partial charge in [-0.3, -0.25) is 0 Å². The SMILES string of the molecule is [Cl][Ir]([Cl])([c]1ccccc1)[c]1nc2ccccc2s1. The zero-order valence-corrected chi connectivity index (χ0v) is 13.9. The van der Waals surface area contributed by atoms with E-state index in [-0.39, 0.29) is 0 Å². The molecule has 1 nitrogen and oxygen atoms in total. The molecule has 0 aliphatic heterocycles. The summed E-state index contributed by atoms with van der Waals surface area (Å²) in [6.07, 6.45) is 0. The minimum absolute atomic E-state index is 0.894. The van der Waals surface area contributed by atoms with Gasteiger partial charge in [0.1, 0.15) is 0 Å². The zero-order chi connectivity index (χ0) is 12.6. The van der Waals surface area contributed by atoms with E-state index in [1.165, 1.54) is 0 Å². The summed E-state index contributed by atoms with van der Waals surface area (Å²) >= 11 is -1.64. The molecule has 0 atom stereocenters. The first-order valence-corrected chi connectivity index (χ1v) is 14.3. The van der Waals surface area contributed by atoms with Gasteiger partial charge in [-0.1, -0.05) is 0 Å². The number of hydrogen-bond donors (Lipinski definition) is 0. The van der Waals surface area contributed by atoms with Gasteiger partial charge in [-0.25, -0.2) is 0 Å². The summed E-state index contributed by atoms with van der Waals surface area (Å²) in [7, 11) is 13.3. The molecule has 0 fully saturated rings. The van der Waals surface area contributed by atoms with Crippen molar-refractivity contribution in [3.8, 4) is 0 Å². The normalized spacial score (nSPS) is 12.8. The van der Waals surface area contributed by atoms with Gasteiger partial charge in [0.05, 0.1) is 0 Å². The van der Waals surface area contributed by atoms with E-state index < -0.39 is 13.3 Å². The predicted octanol–water partition coefficient (Wildman–Crippen LogP) is 3.71. The van der Waals surface area contributed by atoms with Gasteiger partial charge in [0.2, 0.25) is 0 Å². The molecule has 1 aromatic heterocycles. The van der Waals surface area contributed by atoms with Crippen LogP contribution in [0.3, 0.4) is 0 Å². The Bertz CT molecular complexity index is 649. The van der Waals surface area contributed by atoms with Crippen LogP contribution in [0.1, 0.15) is 0 Å². The summed E-state index contributed by atoms with van der Waals surface area (Å²) in [5, 5.41) is 0. The van der Waals surface area contributed by atoms with Crippen molar-refractivity contribution in [1.29, 1.82) is 0 Å². The van der Waals surface area contributed by atoms with Crippen molar-refractivity contribution in [3.63, 3.8) is 0 Å². The standard InChI is InChI=1S/C7H4NS.C6H5.2ClH.Ir/c1-2-4-7-6(3-1)8-5-9-7;1-2-4-6-5-3-1;;;/h1-4H;1-5H;2*1H;/q;;;;+2/p-2. The molecule has 18 heavy (non-hydrogen) atoms. The second-order valence-electron chi connectivity index (χ2n) is 3.57. The van der Waals surface area contributed by atoms with Gasteiger partial charge in [0.25, 0.3) is 0 Å². The van der Waals surface area contributed by atoms with Crippen LogP contribution in [0.5, 0.6) is 0 Å². The average molecular weight is 474 g/mol. The van der Waals surface area contributed by atoms with E-state index in [1.807, 2.05) is 54.6 Å². The number of halogens is 2. The van der Waals surface area contributed by atoms with E-state index in [9.17, 15) is 0 Å². The van der Waals surface area contributed by atoms with Crippen LogP contribution < -0.4 is 7.60 Å². The van der Waals surface area contributed by atoms with Crippen LogP contribution >= 0.6 is 30.5 Å². The topological polar surface area (TPSA) is 12.9 Å². The second-order valence-corrected chi connectivity index (χ2v) is 17.9. The molecule has 0 saturated carbocycles. The quantitative estimate of drug-likeness (QED) is 0.552. The van der Waals surface area contributed by atoms with Gasteiger partial charge in [-0.2, -0.15) is 0 Å². The maximum absolute atomic E-state index is 6.66. The fourth-order valence-electron chi connectivity index (χ4n) is 1.55. The van der Waals surface area contributed by atoms with Crippen molar-refractivity contribution >= 4 is 48.3 Å². The molecule has 0 saturated heterocycles. The summed E-state index contributed by atoms with van der Waals surface area (Å²) in [6.45, 7) is 0. The Balaban J connectivity index is 2.13. The van der Waals surface area contributed by atoms with Crippen LogP contribution in [0, 0.1) is 0 Å². The molecule has 0 aliphatic rings. The molecule has 5 heteroatoms. The van der Waals surface area contributed by atoms with Crippen molar-refractivity contribution in [2.75, 3.05) is 0 Å². The van der Waals surface area contributed by atoms with Gasteiger partial charge in [-0.05, 0) is 0 Å². The molecular weight excluding hydrogens is 465 g/mol. The summed E-state index contributed by atoms with van der Waals surface area (Å²) in [6, 6.07) is 17.9. The summed E-state index contributed by atoms with van der Waals surface area (Å²) in [5.41, 5.74) is 0.977. The van der Waals surface area contributed by atoms with Gasteiger partial charge in [0, 0.05) is 0 Å². The first-order chi connectivity index (χ1) is 8.68. The fraction of sp³-hybridized carbons (Fsp3) is 0. The third kappa shape index (κ3) is 2.22. The van der Waals surface area contributed by atoms with Gasteiger partial charge >= 0.3 is 121 Å². The van der Waals surface area contributed by atoms with E-state index in [2.05, 4.69) is 4.98 Å². The molecule has 1 heterocycles. The zero-order valence-electron chi connectivity index (χ0n) is 9.14. The van der Waals surface area contributed by atoms with E-state index in [0.717, 1.165) is 17.8 Å². The minimum atomic E-state index is -3.24. The number of thiazole rings is 1. The number of benzene rings is 2. The number of para-hydroxylation sites is 1. The van der Waals surface area contributed by atoms with Gasteiger partial charge in [-0.15, -0.1) is 0 Å². The van der Waals surface area contributed by atoms with Crippen molar-refractivity contribution in [2.24, 2.45) is 0 Å². The van der Waals surface area contributed by atoms with E-state index in [0.29, 0.717) is 0 Å². The summed E-state index contributed by atoms with van der Waals surface area (Å²) in [4.78, 5) is 4.60. The number of aromatic nitrogens is 1. The van der Waals surface area contributed by atoms with Crippen LogP contribution in [0.2, 0.25) is 0 Å². The molecule has 0 radical (unpaired) electrons. The number of fused-ring (bicyclic) bond motifs is 1. The van der Waals surface area contributed by atoms with Gasteiger partial charge < -0.3 is 0 Å². The number of hydrogen-bond acceptors (Lipinski definition) is 2. The molecule has 0 aliphatic carbocycles. The average Bonchev–Trinajstić information content (AvgIpc) is 2.84. The van der Waals surface area contributed by atoms with Gasteiger partial charge in [0.15, 0.2) is 0 Å². The molecule has 3 aromatic rings. The Labute approximate surface area is 120 Å². The first kappa shape index (κ1) is 12.6. The van der Waals surface area contributed by atoms with E-state index >= 15 is 0 Å². The van der Waals surface area contributed by atoms with Crippen molar-refractivity contribution in [2.45, 2.75) is 0 Å². The number of rotatable bonds is 2. The van der Waals surface area contributed by atoms with Crippen LogP contribution in [0.15, 0.2) is 54.6 Å². The van der Waals surface area contributed by atoms with Crippen LogP contribution in [-0.4, -0.2) is 4.98 Å².